The Hall–Kier alpha value is -1.88. The smallest absolute Gasteiger partial charge is 0.316 e. The molecule has 1 heterocycles. The number of likely N-dealkylation sites (N-methyl/N-ethyl adjacent to an activating group) is 1. The lowest BCUT2D eigenvalue weighted by atomic mass is 10.1. The average molecular weight is 248 g/mol. The summed E-state index contributed by atoms with van der Waals surface area (Å²) in [4.78, 5) is 26.5. The first kappa shape index (κ1) is 12.6. The Morgan fingerprint density at radius 1 is 1.17 bits per heavy atom. The number of anilines is 1. The molecule has 1 aromatic carbocycles. The first-order valence-corrected chi connectivity index (χ1v) is 5.86. The zero-order chi connectivity index (χ0) is 13.3. The minimum atomic E-state index is -0.677. The molecular weight excluding hydrogens is 232 g/mol. The predicted octanol–water partition coefficient (Wildman–Crippen LogP) is 0.545. The van der Waals surface area contributed by atoms with E-state index in [-0.39, 0.29) is 0 Å². The van der Waals surface area contributed by atoms with Crippen LogP contribution >= 0.6 is 0 Å². The molecule has 0 aromatic heterocycles. The molecule has 1 fully saturated rings. The summed E-state index contributed by atoms with van der Waals surface area (Å²) in [7, 11) is 1.61. The number of aliphatic hydroxyl groups is 1. The van der Waals surface area contributed by atoms with E-state index in [1.54, 1.807) is 38.2 Å². The number of aliphatic hydroxyl groups excluding tert-OH is 1. The van der Waals surface area contributed by atoms with Crippen LogP contribution in [-0.2, 0) is 9.59 Å². The number of carbonyl (C=O) groups is 2. The van der Waals surface area contributed by atoms with Crippen LogP contribution in [0.3, 0.4) is 0 Å². The zero-order valence-corrected chi connectivity index (χ0v) is 10.5. The third kappa shape index (κ3) is 2.09. The van der Waals surface area contributed by atoms with Crippen LogP contribution in [0.4, 0.5) is 5.69 Å². The van der Waals surface area contributed by atoms with Crippen LogP contribution < -0.4 is 4.90 Å². The van der Waals surface area contributed by atoms with Crippen molar-refractivity contribution < 1.29 is 14.7 Å². The van der Waals surface area contributed by atoms with Crippen molar-refractivity contribution >= 4 is 17.5 Å². The van der Waals surface area contributed by atoms with E-state index in [0.717, 1.165) is 0 Å². The number of hydrogen-bond acceptors (Lipinski definition) is 3. The second-order valence-corrected chi connectivity index (χ2v) is 4.42. The minimum Gasteiger partial charge on any atom is -0.389 e. The Kier molecular flexibility index (Phi) is 3.34. The van der Waals surface area contributed by atoms with Gasteiger partial charge in [-0.2, -0.15) is 0 Å². The van der Waals surface area contributed by atoms with E-state index in [1.807, 2.05) is 0 Å². The molecular formula is C13H16N2O3. The maximum atomic E-state index is 12.0. The zero-order valence-electron chi connectivity index (χ0n) is 10.5. The SMILES string of the molecule is CC(O)c1ccccc1N1CCN(C)C(=O)C1=O. The number of rotatable bonds is 2. The number of amides is 2. The van der Waals surface area contributed by atoms with Crippen LogP contribution in [0, 0.1) is 0 Å². The molecule has 1 aliphatic heterocycles. The van der Waals surface area contributed by atoms with Gasteiger partial charge < -0.3 is 14.9 Å². The summed E-state index contributed by atoms with van der Waals surface area (Å²) in [6, 6.07) is 7.10. The number of para-hydroxylation sites is 1. The lowest BCUT2D eigenvalue weighted by Gasteiger charge is -2.33. The summed E-state index contributed by atoms with van der Waals surface area (Å²) in [5, 5.41) is 9.71. The monoisotopic (exact) mass is 248 g/mol. The molecule has 1 saturated heterocycles. The van der Waals surface area contributed by atoms with Gasteiger partial charge in [0.05, 0.1) is 6.10 Å². The fourth-order valence-corrected chi connectivity index (χ4v) is 2.05. The van der Waals surface area contributed by atoms with Crippen molar-refractivity contribution in [3.63, 3.8) is 0 Å². The summed E-state index contributed by atoms with van der Waals surface area (Å²) < 4.78 is 0. The van der Waals surface area contributed by atoms with E-state index in [2.05, 4.69) is 0 Å². The number of piperazine rings is 1. The highest BCUT2D eigenvalue weighted by Crippen LogP contribution is 2.27. The Morgan fingerprint density at radius 2 is 1.83 bits per heavy atom. The molecule has 1 N–H and O–H groups in total. The number of nitrogens with zero attached hydrogens (tertiary/aromatic N) is 2. The van der Waals surface area contributed by atoms with Gasteiger partial charge in [-0.3, -0.25) is 9.59 Å². The van der Waals surface area contributed by atoms with E-state index in [9.17, 15) is 14.7 Å². The summed E-state index contributed by atoms with van der Waals surface area (Å²) >= 11 is 0. The van der Waals surface area contributed by atoms with Crippen molar-refractivity contribution in [3.05, 3.63) is 29.8 Å². The van der Waals surface area contributed by atoms with Gasteiger partial charge in [0.25, 0.3) is 0 Å². The summed E-state index contributed by atoms with van der Waals surface area (Å²) in [6.07, 6.45) is -0.677. The molecule has 18 heavy (non-hydrogen) atoms. The van der Waals surface area contributed by atoms with Crippen molar-refractivity contribution in [2.24, 2.45) is 0 Å². The first-order chi connectivity index (χ1) is 8.52. The molecule has 0 aliphatic carbocycles. The normalized spacial score (nSPS) is 18.2. The van der Waals surface area contributed by atoms with Crippen LogP contribution in [0.2, 0.25) is 0 Å². The van der Waals surface area contributed by atoms with Crippen LogP contribution in [0.25, 0.3) is 0 Å². The molecule has 2 rings (SSSR count). The van der Waals surface area contributed by atoms with Gasteiger partial charge in [0, 0.05) is 31.4 Å². The van der Waals surface area contributed by atoms with E-state index < -0.39 is 17.9 Å². The molecule has 1 aliphatic rings. The molecule has 5 nitrogen and oxygen atoms in total. The Labute approximate surface area is 106 Å². The van der Waals surface area contributed by atoms with Gasteiger partial charge in [-0.15, -0.1) is 0 Å². The van der Waals surface area contributed by atoms with E-state index >= 15 is 0 Å². The quantitative estimate of drug-likeness (QED) is 0.777. The molecule has 0 bridgehead atoms. The highest BCUT2D eigenvalue weighted by atomic mass is 16.3. The number of carbonyl (C=O) groups excluding carboxylic acids is 2. The van der Waals surface area contributed by atoms with E-state index in [1.165, 1.54) is 9.80 Å². The van der Waals surface area contributed by atoms with E-state index in [0.29, 0.717) is 24.3 Å². The average Bonchev–Trinajstić information content (AvgIpc) is 2.36. The maximum Gasteiger partial charge on any atom is 0.316 e. The fourth-order valence-electron chi connectivity index (χ4n) is 2.05. The van der Waals surface area contributed by atoms with Crippen molar-refractivity contribution in [1.82, 2.24) is 4.90 Å². The molecule has 96 valence electrons. The molecule has 0 radical (unpaired) electrons. The number of hydrogen-bond donors (Lipinski definition) is 1. The van der Waals surface area contributed by atoms with Gasteiger partial charge >= 0.3 is 11.8 Å². The van der Waals surface area contributed by atoms with Crippen molar-refractivity contribution in [2.45, 2.75) is 13.0 Å². The van der Waals surface area contributed by atoms with Gasteiger partial charge in [0.1, 0.15) is 0 Å². The third-order valence-electron chi connectivity index (χ3n) is 3.11. The number of benzene rings is 1. The maximum absolute atomic E-state index is 12.0. The van der Waals surface area contributed by atoms with Gasteiger partial charge in [0.15, 0.2) is 0 Å². The molecule has 0 saturated carbocycles. The Bertz CT molecular complexity index is 485. The summed E-state index contributed by atoms with van der Waals surface area (Å²) in [6.45, 7) is 2.59. The van der Waals surface area contributed by atoms with Crippen LogP contribution in [-0.4, -0.2) is 42.0 Å². The van der Waals surface area contributed by atoms with Gasteiger partial charge in [-0.25, -0.2) is 0 Å². The molecule has 1 unspecified atom stereocenters. The summed E-state index contributed by atoms with van der Waals surface area (Å²) in [5.74, 6) is -1.06. The molecule has 0 spiro atoms. The van der Waals surface area contributed by atoms with Crippen LogP contribution in [0.15, 0.2) is 24.3 Å². The second-order valence-electron chi connectivity index (χ2n) is 4.42. The summed E-state index contributed by atoms with van der Waals surface area (Å²) in [5.41, 5.74) is 1.27. The molecule has 5 heteroatoms. The second kappa shape index (κ2) is 4.78. The first-order valence-electron chi connectivity index (χ1n) is 5.86. The van der Waals surface area contributed by atoms with Crippen molar-refractivity contribution in [3.8, 4) is 0 Å². The third-order valence-corrected chi connectivity index (χ3v) is 3.11. The minimum absolute atomic E-state index is 0.449. The fraction of sp³-hybridized carbons (Fsp3) is 0.385. The Morgan fingerprint density at radius 3 is 2.50 bits per heavy atom. The molecule has 2 amide bonds. The molecule has 1 atom stereocenters. The highest BCUT2D eigenvalue weighted by Gasteiger charge is 2.32. The predicted molar refractivity (Wildman–Crippen MR) is 67.1 cm³/mol. The standard InChI is InChI=1S/C13H16N2O3/c1-9(16)10-5-3-4-6-11(10)15-8-7-14(2)12(17)13(15)18/h3-6,9,16H,7-8H2,1-2H3. The lowest BCUT2D eigenvalue weighted by molar-refractivity contribution is -0.145. The van der Waals surface area contributed by atoms with Gasteiger partial charge in [-0.1, -0.05) is 18.2 Å². The Balaban J connectivity index is 2.38. The highest BCUT2D eigenvalue weighted by molar-refractivity contribution is 6.41. The van der Waals surface area contributed by atoms with Crippen LogP contribution in [0.1, 0.15) is 18.6 Å². The van der Waals surface area contributed by atoms with Crippen LogP contribution in [0.5, 0.6) is 0 Å². The largest absolute Gasteiger partial charge is 0.389 e. The van der Waals surface area contributed by atoms with Gasteiger partial charge in [-0.05, 0) is 13.0 Å². The van der Waals surface area contributed by atoms with Crippen molar-refractivity contribution in [1.29, 1.82) is 0 Å². The topological polar surface area (TPSA) is 60.9 Å². The lowest BCUT2D eigenvalue weighted by Crippen LogP contribution is -2.53. The van der Waals surface area contributed by atoms with Crippen molar-refractivity contribution in [2.75, 3.05) is 25.0 Å². The van der Waals surface area contributed by atoms with Gasteiger partial charge in [0.2, 0.25) is 0 Å². The molecule has 1 aromatic rings. The van der Waals surface area contributed by atoms with E-state index in [4.69, 9.17) is 0 Å².